The summed E-state index contributed by atoms with van der Waals surface area (Å²) in [5, 5.41) is 12.4. The highest BCUT2D eigenvalue weighted by Gasteiger charge is 2.20. The molecular weight excluding hydrogens is 114 g/mol. The van der Waals surface area contributed by atoms with Crippen molar-refractivity contribution in [2.24, 2.45) is 0 Å². The minimum atomic E-state index is -0.149. The van der Waals surface area contributed by atoms with E-state index in [1.165, 1.54) is 0 Å². The lowest BCUT2D eigenvalue weighted by molar-refractivity contribution is 0.111. The number of aliphatic hydroxyl groups excluding tert-OH is 1. The molecule has 2 atom stereocenters. The van der Waals surface area contributed by atoms with Gasteiger partial charge in [0.25, 0.3) is 0 Å². The maximum absolute atomic E-state index is 9.28. The van der Waals surface area contributed by atoms with E-state index in [0.717, 1.165) is 19.3 Å². The molecule has 1 radical (unpaired) electrons. The van der Waals surface area contributed by atoms with Gasteiger partial charge in [-0.25, -0.2) is 0 Å². The molecule has 0 aromatic heterocycles. The fraction of sp³-hybridized carbons (Fsp3) is 0.857. The maximum Gasteiger partial charge on any atom is 0.0695 e. The molecule has 2 unspecified atom stereocenters. The van der Waals surface area contributed by atoms with Gasteiger partial charge in [0.1, 0.15) is 0 Å². The van der Waals surface area contributed by atoms with E-state index in [0.29, 0.717) is 6.04 Å². The Hall–Kier alpha value is -0.0800. The lowest BCUT2D eigenvalue weighted by Crippen LogP contribution is -2.39. The number of likely N-dealkylation sites (N-methyl/N-ethyl adjacent to an activating group) is 1. The fourth-order valence-corrected chi connectivity index (χ4v) is 1.28. The van der Waals surface area contributed by atoms with Gasteiger partial charge >= 0.3 is 0 Å². The van der Waals surface area contributed by atoms with Gasteiger partial charge in [0, 0.05) is 6.04 Å². The van der Waals surface area contributed by atoms with Crippen molar-refractivity contribution >= 4 is 0 Å². The Morgan fingerprint density at radius 1 is 1.67 bits per heavy atom. The molecule has 1 fully saturated rings. The molecule has 0 aliphatic heterocycles. The molecule has 9 heavy (non-hydrogen) atoms. The van der Waals surface area contributed by atoms with Crippen LogP contribution in [0.25, 0.3) is 0 Å². The van der Waals surface area contributed by atoms with Gasteiger partial charge in [-0.15, -0.1) is 0 Å². The minimum absolute atomic E-state index is 0.149. The predicted octanol–water partition coefficient (Wildman–Crippen LogP) is 0.323. The number of hydrogen-bond acceptors (Lipinski definition) is 2. The fourth-order valence-electron chi connectivity index (χ4n) is 1.28. The predicted molar refractivity (Wildman–Crippen MR) is 37.0 cm³/mol. The van der Waals surface area contributed by atoms with E-state index < -0.39 is 0 Å². The zero-order chi connectivity index (χ0) is 6.69. The van der Waals surface area contributed by atoms with Gasteiger partial charge < -0.3 is 10.4 Å². The maximum atomic E-state index is 9.28. The van der Waals surface area contributed by atoms with Crippen LogP contribution in [-0.4, -0.2) is 24.3 Å². The van der Waals surface area contributed by atoms with Crippen LogP contribution in [0.3, 0.4) is 0 Å². The highest BCUT2D eigenvalue weighted by molar-refractivity contribution is 4.86. The quantitative estimate of drug-likeness (QED) is 0.533. The van der Waals surface area contributed by atoms with Crippen molar-refractivity contribution in [3.8, 4) is 0 Å². The highest BCUT2D eigenvalue weighted by atomic mass is 16.3. The van der Waals surface area contributed by atoms with Gasteiger partial charge in [-0.2, -0.15) is 0 Å². The van der Waals surface area contributed by atoms with E-state index in [2.05, 4.69) is 11.7 Å². The van der Waals surface area contributed by atoms with E-state index in [1.807, 2.05) is 7.05 Å². The highest BCUT2D eigenvalue weighted by Crippen LogP contribution is 2.16. The van der Waals surface area contributed by atoms with Gasteiger partial charge in [0.15, 0.2) is 0 Å². The van der Waals surface area contributed by atoms with Crippen molar-refractivity contribution in [2.45, 2.75) is 31.4 Å². The zero-order valence-corrected chi connectivity index (χ0v) is 5.80. The van der Waals surface area contributed by atoms with Gasteiger partial charge in [-0.1, -0.05) is 0 Å². The Morgan fingerprint density at radius 2 is 2.44 bits per heavy atom. The van der Waals surface area contributed by atoms with Crippen LogP contribution in [0.15, 0.2) is 0 Å². The molecule has 0 bridgehead atoms. The van der Waals surface area contributed by atoms with Crippen LogP contribution in [0.4, 0.5) is 0 Å². The molecule has 0 aromatic rings. The molecule has 1 rings (SSSR count). The van der Waals surface area contributed by atoms with Gasteiger partial charge in [-0.05, 0) is 32.7 Å². The van der Waals surface area contributed by atoms with Crippen molar-refractivity contribution in [1.82, 2.24) is 5.32 Å². The SMILES string of the molecule is CNC1CC[CH]CC1O. The van der Waals surface area contributed by atoms with E-state index in [-0.39, 0.29) is 6.10 Å². The second kappa shape index (κ2) is 3.18. The first-order valence-electron chi connectivity index (χ1n) is 3.51. The number of rotatable bonds is 1. The Morgan fingerprint density at radius 3 is 2.89 bits per heavy atom. The molecule has 0 heterocycles. The average Bonchev–Trinajstić information content (AvgIpc) is 1.89. The van der Waals surface area contributed by atoms with Crippen molar-refractivity contribution in [3.05, 3.63) is 6.42 Å². The molecule has 0 spiro atoms. The lowest BCUT2D eigenvalue weighted by Gasteiger charge is -2.26. The average molecular weight is 128 g/mol. The van der Waals surface area contributed by atoms with Crippen LogP contribution in [0, 0.1) is 6.42 Å². The molecular formula is C7H14NO. The number of aliphatic hydroxyl groups is 1. The van der Waals surface area contributed by atoms with Crippen molar-refractivity contribution < 1.29 is 5.11 Å². The molecule has 1 saturated carbocycles. The van der Waals surface area contributed by atoms with Crippen LogP contribution in [0.5, 0.6) is 0 Å². The summed E-state index contributed by atoms with van der Waals surface area (Å²) in [5.74, 6) is 0. The number of nitrogens with one attached hydrogen (secondary N) is 1. The Balaban J connectivity index is 2.30. The monoisotopic (exact) mass is 128 g/mol. The second-order valence-electron chi connectivity index (χ2n) is 2.56. The van der Waals surface area contributed by atoms with Gasteiger partial charge in [0.2, 0.25) is 0 Å². The molecule has 2 nitrogen and oxygen atoms in total. The molecule has 0 amide bonds. The summed E-state index contributed by atoms with van der Waals surface area (Å²) >= 11 is 0. The van der Waals surface area contributed by atoms with Crippen LogP contribution in [0.1, 0.15) is 19.3 Å². The first-order chi connectivity index (χ1) is 4.34. The molecule has 0 aromatic carbocycles. The van der Waals surface area contributed by atoms with Crippen LogP contribution < -0.4 is 5.32 Å². The largest absolute Gasteiger partial charge is 0.391 e. The van der Waals surface area contributed by atoms with Crippen LogP contribution in [0.2, 0.25) is 0 Å². The summed E-state index contributed by atoms with van der Waals surface area (Å²) in [4.78, 5) is 0. The summed E-state index contributed by atoms with van der Waals surface area (Å²) < 4.78 is 0. The first-order valence-corrected chi connectivity index (χ1v) is 3.51. The molecule has 1 aliphatic rings. The lowest BCUT2D eigenvalue weighted by atomic mass is 9.93. The summed E-state index contributed by atoms with van der Waals surface area (Å²) in [6.07, 6.45) is 5.08. The van der Waals surface area contributed by atoms with Gasteiger partial charge in [-0.3, -0.25) is 0 Å². The molecule has 53 valence electrons. The second-order valence-corrected chi connectivity index (χ2v) is 2.56. The van der Waals surface area contributed by atoms with Crippen molar-refractivity contribution in [1.29, 1.82) is 0 Å². The van der Waals surface area contributed by atoms with E-state index in [9.17, 15) is 5.11 Å². The van der Waals surface area contributed by atoms with Crippen molar-refractivity contribution in [3.63, 3.8) is 0 Å². The molecule has 1 aliphatic carbocycles. The Labute approximate surface area is 56.3 Å². The minimum Gasteiger partial charge on any atom is -0.391 e. The third-order valence-corrected chi connectivity index (χ3v) is 1.93. The molecule has 2 heteroatoms. The van der Waals surface area contributed by atoms with Crippen LogP contribution in [-0.2, 0) is 0 Å². The first kappa shape index (κ1) is 7.03. The zero-order valence-electron chi connectivity index (χ0n) is 5.80. The molecule has 0 saturated heterocycles. The summed E-state index contributed by atoms with van der Waals surface area (Å²) in [6, 6.07) is 0.329. The van der Waals surface area contributed by atoms with E-state index in [4.69, 9.17) is 0 Å². The summed E-state index contributed by atoms with van der Waals surface area (Å²) in [7, 11) is 1.90. The van der Waals surface area contributed by atoms with E-state index in [1.54, 1.807) is 0 Å². The third kappa shape index (κ3) is 1.66. The molecule has 2 N–H and O–H groups in total. The van der Waals surface area contributed by atoms with Crippen molar-refractivity contribution in [2.75, 3.05) is 7.05 Å². The summed E-state index contributed by atoms with van der Waals surface area (Å²) in [6.45, 7) is 0. The van der Waals surface area contributed by atoms with Crippen LogP contribution >= 0.6 is 0 Å². The van der Waals surface area contributed by atoms with Gasteiger partial charge in [0.05, 0.1) is 6.10 Å². The Kier molecular flexibility index (Phi) is 2.49. The van der Waals surface area contributed by atoms with E-state index >= 15 is 0 Å². The number of hydrogen-bond donors (Lipinski definition) is 2. The standard InChI is InChI=1S/C7H14NO/c1-8-6-4-2-3-5-7(6)9/h3,6-9H,2,4-5H2,1H3. The Bertz CT molecular complexity index is 85.0. The normalized spacial score (nSPS) is 36.7. The summed E-state index contributed by atoms with van der Waals surface area (Å²) in [5.41, 5.74) is 0. The topological polar surface area (TPSA) is 32.3 Å². The smallest absolute Gasteiger partial charge is 0.0695 e. The third-order valence-electron chi connectivity index (χ3n) is 1.93.